The number of nitrogens with one attached hydrogen (secondary N) is 2. The van der Waals surface area contributed by atoms with E-state index in [2.05, 4.69) is 23.3 Å². The molecule has 8 nitrogen and oxygen atoms in total. The summed E-state index contributed by atoms with van der Waals surface area (Å²) in [5.74, 6) is -1.91. The summed E-state index contributed by atoms with van der Waals surface area (Å²) in [4.78, 5) is 39.6. The van der Waals surface area contributed by atoms with E-state index in [0.29, 0.717) is 5.56 Å². The second kappa shape index (κ2) is 9.08. The van der Waals surface area contributed by atoms with Crippen molar-refractivity contribution in [2.24, 2.45) is 0 Å². The van der Waals surface area contributed by atoms with Crippen LogP contribution in [0.1, 0.15) is 44.2 Å². The van der Waals surface area contributed by atoms with Crippen LogP contribution in [0.5, 0.6) is 0 Å². The van der Waals surface area contributed by atoms with Crippen LogP contribution in [-0.2, 0) is 20.9 Å². The van der Waals surface area contributed by atoms with E-state index < -0.39 is 46.3 Å². The standard InChI is InChI=1S/C22H27FN4O4S/c1-21(2,32)17(26-20(31)22(23)7-8-22)19(30)27-12-15(28)9-16(27)18(29)25-11-14-5-3-13(10-24)4-6-14/h3-6,15-17,28,32H,7-9,11-12H2,1-2H3,(H,25,29)(H,26,31)/t15-,16+,17-/m1/s1. The van der Waals surface area contributed by atoms with E-state index in [4.69, 9.17) is 5.26 Å². The summed E-state index contributed by atoms with van der Waals surface area (Å²) in [6.45, 7) is 3.33. The molecule has 1 saturated heterocycles. The lowest BCUT2D eigenvalue weighted by Gasteiger charge is -2.35. The van der Waals surface area contributed by atoms with Gasteiger partial charge < -0.3 is 20.6 Å². The van der Waals surface area contributed by atoms with Gasteiger partial charge in [-0.05, 0) is 44.4 Å². The van der Waals surface area contributed by atoms with E-state index in [1.54, 1.807) is 38.1 Å². The molecule has 2 fully saturated rings. The van der Waals surface area contributed by atoms with E-state index in [9.17, 15) is 23.9 Å². The van der Waals surface area contributed by atoms with Gasteiger partial charge in [0.15, 0.2) is 5.67 Å². The minimum absolute atomic E-state index is 0.0473. The number of nitriles is 1. The number of aliphatic hydroxyl groups excluding tert-OH is 1. The van der Waals surface area contributed by atoms with Crippen LogP contribution in [0, 0.1) is 11.3 Å². The third-order valence-electron chi connectivity index (χ3n) is 5.74. The summed E-state index contributed by atoms with van der Waals surface area (Å²) in [5, 5.41) is 24.2. The van der Waals surface area contributed by atoms with Crippen molar-refractivity contribution in [3.8, 4) is 6.07 Å². The van der Waals surface area contributed by atoms with E-state index in [-0.39, 0.29) is 32.4 Å². The summed E-state index contributed by atoms with van der Waals surface area (Å²) < 4.78 is 13.1. The molecule has 3 rings (SSSR count). The highest BCUT2D eigenvalue weighted by molar-refractivity contribution is 7.81. The van der Waals surface area contributed by atoms with Crippen LogP contribution >= 0.6 is 12.6 Å². The molecule has 1 heterocycles. The maximum Gasteiger partial charge on any atom is 0.258 e. The van der Waals surface area contributed by atoms with Gasteiger partial charge in [-0.15, -0.1) is 0 Å². The first-order valence-corrected chi connectivity index (χ1v) is 10.9. The molecule has 1 saturated carbocycles. The zero-order valence-electron chi connectivity index (χ0n) is 18.0. The number of halogens is 1. The molecular weight excluding hydrogens is 435 g/mol. The van der Waals surface area contributed by atoms with Crippen molar-refractivity contribution in [1.29, 1.82) is 5.26 Å². The first-order valence-electron chi connectivity index (χ1n) is 10.4. The first kappa shape index (κ1) is 24.0. The van der Waals surface area contributed by atoms with Gasteiger partial charge in [0.1, 0.15) is 12.1 Å². The number of hydrogen-bond acceptors (Lipinski definition) is 6. The van der Waals surface area contributed by atoms with Crippen LogP contribution in [0.4, 0.5) is 4.39 Å². The number of amides is 3. The second-order valence-corrected chi connectivity index (χ2v) is 10.1. The summed E-state index contributed by atoms with van der Waals surface area (Å²) in [6.07, 6.45) is -0.642. The Kier molecular flexibility index (Phi) is 6.81. The second-order valence-electron chi connectivity index (χ2n) is 8.95. The Labute approximate surface area is 191 Å². The summed E-state index contributed by atoms with van der Waals surface area (Å²) in [6, 6.07) is 6.60. The fourth-order valence-electron chi connectivity index (χ4n) is 3.61. The van der Waals surface area contributed by atoms with Crippen molar-refractivity contribution in [2.75, 3.05) is 6.54 Å². The van der Waals surface area contributed by atoms with Crippen molar-refractivity contribution in [3.05, 3.63) is 35.4 Å². The lowest BCUT2D eigenvalue weighted by molar-refractivity contribution is -0.143. The smallest absolute Gasteiger partial charge is 0.258 e. The number of aliphatic hydroxyl groups is 1. The van der Waals surface area contributed by atoms with Gasteiger partial charge in [0.2, 0.25) is 11.8 Å². The zero-order chi connectivity index (χ0) is 23.7. The largest absolute Gasteiger partial charge is 0.391 e. The number of carbonyl (C=O) groups is 3. The average Bonchev–Trinajstić information content (AvgIpc) is 3.38. The Bertz CT molecular complexity index is 937. The summed E-state index contributed by atoms with van der Waals surface area (Å²) >= 11 is 4.41. The van der Waals surface area contributed by atoms with Crippen LogP contribution in [0.3, 0.4) is 0 Å². The molecule has 3 N–H and O–H groups in total. The SMILES string of the molecule is CC(C)(S)[C@H](NC(=O)C1(F)CC1)C(=O)N1C[C@H](O)C[C@H]1C(=O)NCc1ccc(C#N)cc1. The minimum Gasteiger partial charge on any atom is -0.391 e. The van der Waals surface area contributed by atoms with Crippen LogP contribution in [0.2, 0.25) is 0 Å². The van der Waals surface area contributed by atoms with E-state index in [0.717, 1.165) is 5.56 Å². The maximum absolute atomic E-state index is 14.2. The normalized spacial score (nSPS) is 22.6. The predicted octanol–water partition coefficient (Wildman–Crippen LogP) is 0.832. The van der Waals surface area contributed by atoms with Crippen molar-refractivity contribution in [3.63, 3.8) is 0 Å². The molecule has 172 valence electrons. The van der Waals surface area contributed by atoms with Crippen LogP contribution < -0.4 is 10.6 Å². The number of carbonyl (C=O) groups excluding carboxylic acids is 3. The topological polar surface area (TPSA) is 123 Å². The summed E-state index contributed by atoms with van der Waals surface area (Å²) in [7, 11) is 0. The Morgan fingerprint density at radius 2 is 1.97 bits per heavy atom. The van der Waals surface area contributed by atoms with Gasteiger partial charge in [0.05, 0.1) is 17.7 Å². The van der Waals surface area contributed by atoms with Crippen molar-refractivity contribution in [1.82, 2.24) is 15.5 Å². The van der Waals surface area contributed by atoms with Gasteiger partial charge in [0, 0.05) is 24.3 Å². The number of alkyl halides is 1. The Morgan fingerprint density at radius 1 is 1.34 bits per heavy atom. The molecule has 0 radical (unpaired) electrons. The number of nitrogens with zero attached hydrogens (tertiary/aromatic N) is 2. The van der Waals surface area contributed by atoms with Gasteiger partial charge in [-0.3, -0.25) is 14.4 Å². The van der Waals surface area contributed by atoms with Gasteiger partial charge in [0.25, 0.3) is 5.91 Å². The third-order valence-corrected chi connectivity index (χ3v) is 6.00. The van der Waals surface area contributed by atoms with Gasteiger partial charge >= 0.3 is 0 Å². The van der Waals surface area contributed by atoms with E-state index in [1.165, 1.54) is 4.90 Å². The highest BCUT2D eigenvalue weighted by Gasteiger charge is 2.53. The third kappa shape index (κ3) is 5.40. The number of likely N-dealkylation sites (tertiary alicyclic amines) is 1. The number of rotatable bonds is 7. The van der Waals surface area contributed by atoms with E-state index in [1.807, 2.05) is 6.07 Å². The van der Waals surface area contributed by atoms with Gasteiger partial charge in [-0.25, -0.2) is 4.39 Å². The van der Waals surface area contributed by atoms with Crippen LogP contribution in [-0.4, -0.2) is 62.9 Å². The number of β-amino-alcohol motifs (C(OH)–C–C–N with tert-alkyl or cyclic N) is 1. The predicted molar refractivity (Wildman–Crippen MR) is 117 cm³/mol. The molecular formula is C22H27FN4O4S. The number of thiol groups is 1. The molecule has 1 aliphatic carbocycles. The highest BCUT2D eigenvalue weighted by Crippen LogP contribution is 2.40. The quantitative estimate of drug-likeness (QED) is 0.447. The molecule has 32 heavy (non-hydrogen) atoms. The first-order chi connectivity index (χ1) is 14.9. The van der Waals surface area contributed by atoms with Gasteiger partial charge in [-0.1, -0.05) is 12.1 Å². The average molecular weight is 463 g/mol. The molecule has 1 aromatic rings. The molecule has 0 spiro atoms. The fraction of sp³-hybridized carbons (Fsp3) is 0.545. The van der Waals surface area contributed by atoms with Crippen LogP contribution in [0.25, 0.3) is 0 Å². The number of hydrogen-bond donors (Lipinski definition) is 4. The van der Waals surface area contributed by atoms with E-state index >= 15 is 0 Å². The highest BCUT2D eigenvalue weighted by atomic mass is 32.1. The van der Waals surface area contributed by atoms with Gasteiger partial charge in [-0.2, -0.15) is 17.9 Å². The Morgan fingerprint density at radius 3 is 2.50 bits per heavy atom. The maximum atomic E-state index is 14.2. The lowest BCUT2D eigenvalue weighted by Crippen LogP contribution is -2.60. The molecule has 3 atom stereocenters. The molecule has 0 bridgehead atoms. The summed E-state index contributed by atoms with van der Waals surface area (Å²) in [5.41, 5.74) is -0.687. The molecule has 1 aromatic carbocycles. The lowest BCUT2D eigenvalue weighted by atomic mass is 10.0. The molecule has 0 unspecified atom stereocenters. The molecule has 10 heteroatoms. The number of benzene rings is 1. The minimum atomic E-state index is -1.96. The zero-order valence-corrected chi connectivity index (χ0v) is 18.9. The molecule has 3 amide bonds. The Hall–Kier alpha value is -2.64. The van der Waals surface area contributed by atoms with Crippen molar-refractivity contribution >= 4 is 30.4 Å². The fourth-order valence-corrected chi connectivity index (χ4v) is 3.79. The molecule has 2 aliphatic rings. The molecule has 1 aliphatic heterocycles. The van der Waals surface area contributed by atoms with Crippen molar-refractivity contribution < 1.29 is 23.9 Å². The van der Waals surface area contributed by atoms with Crippen molar-refractivity contribution in [2.45, 2.75) is 68.3 Å². The monoisotopic (exact) mass is 462 g/mol. The Balaban J connectivity index is 1.70. The molecule has 0 aromatic heterocycles. The van der Waals surface area contributed by atoms with Crippen LogP contribution in [0.15, 0.2) is 24.3 Å².